The molecule has 3 rings (SSSR count). The molecule has 0 fully saturated rings. The highest BCUT2D eigenvalue weighted by Gasteiger charge is 2.34. The van der Waals surface area contributed by atoms with Crippen molar-refractivity contribution in [3.8, 4) is 0 Å². The maximum Gasteiger partial charge on any atom is 0.264 e. The van der Waals surface area contributed by atoms with E-state index in [9.17, 15) is 18.0 Å². The first-order valence-corrected chi connectivity index (χ1v) is 14.1. The summed E-state index contributed by atoms with van der Waals surface area (Å²) in [5, 5.41) is 3.10. The van der Waals surface area contributed by atoms with Crippen molar-refractivity contribution in [2.24, 2.45) is 0 Å². The standard InChI is InChI=1S/C29H34ClN3O4S/c1-21-15-17-23(18-16-21)19-32(22(2)28(35)31-29(3,4)5)27(34)20-33(26-14-10-9-13-25(26)30)38(36,37)24-11-7-6-8-12-24/h6-18,22H,19-20H2,1-5H3,(H,31,35)/t22-/m1/s1. The first-order chi connectivity index (χ1) is 17.8. The third-order valence-corrected chi connectivity index (χ3v) is 7.96. The van der Waals surface area contributed by atoms with Crippen LogP contribution < -0.4 is 9.62 Å². The van der Waals surface area contributed by atoms with Gasteiger partial charge in [0.15, 0.2) is 0 Å². The summed E-state index contributed by atoms with van der Waals surface area (Å²) in [5.41, 5.74) is 1.54. The lowest BCUT2D eigenvalue weighted by atomic mass is 10.1. The van der Waals surface area contributed by atoms with Crippen molar-refractivity contribution in [1.82, 2.24) is 10.2 Å². The zero-order valence-electron chi connectivity index (χ0n) is 22.3. The van der Waals surface area contributed by atoms with E-state index in [0.29, 0.717) is 0 Å². The third-order valence-electron chi connectivity index (χ3n) is 5.87. The van der Waals surface area contributed by atoms with Gasteiger partial charge in [-0.15, -0.1) is 0 Å². The summed E-state index contributed by atoms with van der Waals surface area (Å²) in [6.45, 7) is 8.75. The van der Waals surface area contributed by atoms with Gasteiger partial charge in [-0.05, 0) is 64.4 Å². The molecular formula is C29H34ClN3O4S. The van der Waals surface area contributed by atoms with E-state index in [2.05, 4.69) is 5.32 Å². The topological polar surface area (TPSA) is 86.8 Å². The summed E-state index contributed by atoms with van der Waals surface area (Å²) < 4.78 is 28.5. The zero-order valence-corrected chi connectivity index (χ0v) is 23.9. The summed E-state index contributed by atoms with van der Waals surface area (Å²) in [7, 11) is -4.16. The number of para-hydroxylation sites is 1. The predicted molar refractivity (Wildman–Crippen MR) is 152 cm³/mol. The fraction of sp³-hybridized carbons (Fsp3) is 0.310. The van der Waals surface area contributed by atoms with Crippen LogP contribution in [0.1, 0.15) is 38.8 Å². The number of carbonyl (C=O) groups is 2. The first-order valence-electron chi connectivity index (χ1n) is 12.3. The number of aryl methyl sites for hydroxylation is 1. The molecule has 0 saturated carbocycles. The van der Waals surface area contributed by atoms with Gasteiger partial charge in [-0.2, -0.15) is 0 Å². The van der Waals surface area contributed by atoms with Crippen molar-refractivity contribution >= 4 is 39.1 Å². The van der Waals surface area contributed by atoms with Crippen LogP contribution in [0.25, 0.3) is 0 Å². The molecule has 0 radical (unpaired) electrons. The van der Waals surface area contributed by atoms with Crippen LogP contribution in [0.15, 0.2) is 83.8 Å². The van der Waals surface area contributed by atoms with Crippen LogP contribution in [-0.2, 0) is 26.2 Å². The maximum absolute atomic E-state index is 13.9. The molecule has 0 bridgehead atoms. The molecular weight excluding hydrogens is 522 g/mol. The molecule has 0 aliphatic rings. The number of rotatable bonds is 9. The molecule has 3 aromatic rings. The Hall–Kier alpha value is -3.36. The van der Waals surface area contributed by atoms with Crippen molar-refractivity contribution in [2.45, 2.75) is 57.6 Å². The molecule has 1 N–H and O–H groups in total. The second kappa shape index (κ2) is 12.0. The van der Waals surface area contributed by atoms with E-state index in [1.807, 2.05) is 52.0 Å². The van der Waals surface area contributed by atoms with E-state index in [1.54, 1.807) is 49.4 Å². The van der Waals surface area contributed by atoms with Gasteiger partial charge in [0.1, 0.15) is 12.6 Å². The van der Waals surface area contributed by atoms with Gasteiger partial charge in [0, 0.05) is 12.1 Å². The first kappa shape index (κ1) is 29.2. The van der Waals surface area contributed by atoms with E-state index in [0.717, 1.165) is 15.4 Å². The summed E-state index contributed by atoms with van der Waals surface area (Å²) in [4.78, 5) is 28.4. The van der Waals surface area contributed by atoms with Crippen molar-refractivity contribution in [2.75, 3.05) is 10.8 Å². The minimum Gasteiger partial charge on any atom is -0.350 e. The normalized spacial score (nSPS) is 12.5. The minimum absolute atomic E-state index is 0.0244. The molecule has 1 atom stereocenters. The fourth-order valence-electron chi connectivity index (χ4n) is 3.83. The van der Waals surface area contributed by atoms with Gasteiger partial charge in [-0.25, -0.2) is 8.42 Å². The van der Waals surface area contributed by atoms with Crippen LogP contribution in [0.3, 0.4) is 0 Å². The van der Waals surface area contributed by atoms with Gasteiger partial charge < -0.3 is 10.2 Å². The van der Waals surface area contributed by atoms with Gasteiger partial charge in [0.05, 0.1) is 15.6 Å². The highest BCUT2D eigenvalue weighted by atomic mass is 35.5. The summed E-state index contributed by atoms with van der Waals surface area (Å²) >= 11 is 6.41. The Labute approximate surface area is 230 Å². The number of anilines is 1. The number of hydrogen-bond acceptors (Lipinski definition) is 4. The smallest absolute Gasteiger partial charge is 0.264 e. The summed E-state index contributed by atoms with van der Waals surface area (Å²) in [5.74, 6) is -0.880. The molecule has 0 unspecified atom stereocenters. The second-order valence-electron chi connectivity index (χ2n) is 10.2. The van der Waals surface area contributed by atoms with Crippen molar-refractivity contribution < 1.29 is 18.0 Å². The molecule has 202 valence electrons. The number of halogens is 1. The van der Waals surface area contributed by atoms with E-state index in [-0.39, 0.29) is 28.1 Å². The summed E-state index contributed by atoms with van der Waals surface area (Å²) in [6, 6.07) is 21.1. The average molecular weight is 556 g/mol. The Balaban J connectivity index is 2.03. The quantitative estimate of drug-likeness (QED) is 0.394. The van der Waals surface area contributed by atoms with E-state index in [1.165, 1.54) is 17.0 Å². The number of benzene rings is 3. The number of sulfonamides is 1. The molecule has 0 saturated heterocycles. The van der Waals surface area contributed by atoms with Crippen molar-refractivity contribution in [3.63, 3.8) is 0 Å². The monoisotopic (exact) mass is 555 g/mol. The molecule has 9 heteroatoms. The minimum atomic E-state index is -4.16. The Kier molecular flexibility index (Phi) is 9.22. The van der Waals surface area contributed by atoms with Gasteiger partial charge in [0.2, 0.25) is 11.8 Å². The fourth-order valence-corrected chi connectivity index (χ4v) is 5.58. The van der Waals surface area contributed by atoms with Crippen LogP contribution in [0.5, 0.6) is 0 Å². The van der Waals surface area contributed by atoms with Gasteiger partial charge >= 0.3 is 0 Å². The van der Waals surface area contributed by atoms with Crippen molar-refractivity contribution in [1.29, 1.82) is 0 Å². The highest BCUT2D eigenvalue weighted by Crippen LogP contribution is 2.30. The number of carbonyl (C=O) groups excluding carboxylic acids is 2. The third kappa shape index (κ3) is 7.36. The predicted octanol–water partition coefficient (Wildman–Crippen LogP) is 5.18. The van der Waals surface area contributed by atoms with Crippen LogP contribution in [0.2, 0.25) is 5.02 Å². The molecule has 3 aromatic carbocycles. The molecule has 0 aliphatic heterocycles. The Morgan fingerprint density at radius 2 is 1.50 bits per heavy atom. The number of amides is 2. The Morgan fingerprint density at radius 1 is 0.921 bits per heavy atom. The van der Waals surface area contributed by atoms with Gasteiger partial charge in [-0.3, -0.25) is 13.9 Å². The molecule has 0 aromatic heterocycles. The van der Waals surface area contributed by atoms with Crippen molar-refractivity contribution in [3.05, 3.63) is 95.0 Å². The largest absolute Gasteiger partial charge is 0.350 e. The molecule has 0 heterocycles. The van der Waals surface area contributed by atoms with E-state index < -0.39 is 34.1 Å². The zero-order chi connectivity index (χ0) is 28.1. The highest BCUT2D eigenvalue weighted by molar-refractivity contribution is 7.92. The van der Waals surface area contributed by atoms with E-state index in [4.69, 9.17) is 11.6 Å². The van der Waals surface area contributed by atoms with Crippen LogP contribution in [-0.4, -0.2) is 43.3 Å². The Morgan fingerprint density at radius 3 is 2.08 bits per heavy atom. The number of nitrogens with zero attached hydrogens (tertiary/aromatic N) is 2. The molecule has 0 spiro atoms. The van der Waals surface area contributed by atoms with E-state index >= 15 is 0 Å². The number of nitrogens with one attached hydrogen (secondary N) is 1. The summed E-state index contributed by atoms with van der Waals surface area (Å²) in [6.07, 6.45) is 0. The lowest BCUT2D eigenvalue weighted by Gasteiger charge is -2.33. The SMILES string of the molecule is Cc1ccc(CN(C(=O)CN(c2ccccc2Cl)S(=O)(=O)c2ccccc2)[C@H](C)C(=O)NC(C)(C)C)cc1. The number of hydrogen-bond donors (Lipinski definition) is 1. The molecule has 7 nitrogen and oxygen atoms in total. The molecule has 2 amide bonds. The average Bonchev–Trinajstić information content (AvgIpc) is 2.86. The maximum atomic E-state index is 13.9. The molecule has 38 heavy (non-hydrogen) atoms. The lowest BCUT2D eigenvalue weighted by Crippen LogP contribution is -2.54. The van der Waals surface area contributed by atoms with Crippen LogP contribution >= 0.6 is 11.6 Å². The van der Waals surface area contributed by atoms with Gasteiger partial charge in [-0.1, -0.05) is 71.8 Å². The Bertz CT molecular complexity index is 1370. The van der Waals surface area contributed by atoms with Crippen LogP contribution in [0, 0.1) is 6.92 Å². The van der Waals surface area contributed by atoms with Gasteiger partial charge in [0.25, 0.3) is 10.0 Å². The van der Waals surface area contributed by atoms with Crippen LogP contribution in [0.4, 0.5) is 5.69 Å². The molecule has 0 aliphatic carbocycles. The lowest BCUT2D eigenvalue weighted by molar-refractivity contribution is -0.140. The second-order valence-corrected chi connectivity index (χ2v) is 12.5.